The van der Waals surface area contributed by atoms with Crippen LogP contribution in [-0.4, -0.2) is 75.5 Å². The summed E-state index contributed by atoms with van der Waals surface area (Å²) in [7, 11) is 0. The second kappa shape index (κ2) is 27.5. The molecule has 0 aliphatic rings. The molecule has 7 aromatic rings. The van der Waals surface area contributed by atoms with Crippen LogP contribution in [0.3, 0.4) is 0 Å². The van der Waals surface area contributed by atoms with Crippen molar-refractivity contribution in [1.82, 2.24) is 0 Å². The van der Waals surface area contributed by atoms with Crippen LogP contribution in [0, 0.1) is 0 Å². The molecule has 0 fully saturated rings. The first-order chi connectivity index (χ1) is 37.9. The van der Waals surface area contributed by atoms with Gasteiger partial charge < -0.3 is 42.6 Å². The zero-order chi connectivity index (χ0) is 55.6. The van der Waals surface area contributed by atoms with Crippen molar-refractivity contribution in [3.05, 3.63) is 231 Å². The third-order valence-electron chi connectivity index (χ3n) is 12.0. The Morgan fingerprint density at radius 3 is 0.526 bits per heavy atom. The molecule has 15 nitrogen and oxygen atoms in total. The van der Waals surface area contributed by atoms with Gasteiger partial charge in [0, 0.05) is 18.2 Å². The zero-order valence-corrected chi connectivity index (χ0v) is 44.2. The van der Waals surface area contributed by atoms with Gasteiger partial charge in [-0.15, -0.1) is 0 Å². The van der Waals surface area contributed by atoms with Gasteiger partial charge in [0.05, 0.1) is 73.0 Å². The van der Waals surface area contributed by atoms with Crippen LogP contribution in [0.4, 0.5) is 0 Å². The average molecular weight is 1060 g/mol. The molecule has 0 bridgehead atoms. The van der Waals surface area contributed by atoms with E-state index in [1.54, 1.807) is 205 Å². The van der Waals surface area contributed by atoms with E-state index in [0.29, 0.717) is 66.8 Å². The lowest BCUT2D eigenvalue weighted by molar-refractivity contribution is 0.0516. The van der Waals surface area contributed by atoms with Gasteiger partial charge in [-0.05, 0) is 148 Å². The normalized spacial score (nSPS) is 10.9. The van der Waals surface area contributed by atoms with Crippen molar-refractivity contribution in [2.75, 3.05) is 39.6 Å². The third kappa shape index (κ3) is 14.6. The molecule has 0 saturated carbocycles. The molecular formula is C63H60O15. The van der Waals surface area contributed by atoms with E-state index in [0.717, 1.165) is 0 Å². The molecule has 0 saturated heterocycles. The molecular weight excluding hydrogens is 997 g/mol. The molecule has 7 rings (SSSR count). The highest BCUT2D eigenvalue weighted by atomic mass is 16.6. The van der Waals surface area contributed by atoms with Crippen molar-refractivity contribution in [1.29, 1.82) is 0 Å². The Bertz CT molecular complexity index is 2610. The number of hydrogen-bond donors (Lipinski definition) is 0. The second-order valence-electron chi connectivity index (χ2n) is 17.2. The lowest BCUT2D eigenvalue weighted by Crippen LogP contribution is -2.14. The van der Waals surface area contributed by atoms with Gasteiger partial charge in [-0.2, -0.15) is 0 Å². The Kier molecular flexibility index (Phi) is 19.9. The molecule has 0 unspecified atom stereocenters. The molecule has 0 radical (unpaired) electrons. The smallest absolute Gasteiger partial charge is 0.338 e. The van der Waals surface area contributed by atoms with Gasteiger partial charge in [0.1, 0.15) is 35.6 Å². The number of ether oxygens (including phenoxy) is 9. The Hall–Kier alpha value is -9.24. The van der Waals surface area contributed by atoms with E-state index in [9.17, 15) is 28.8 Å². The van der Waals surface area contributed by atoms with Crippen LogP contribution in [0.5, 0.6) is 17.2 Å². The average Bonchev–Trinajstić information content (AvgIpc) is 3.47. The first-order valence-electron chi connectivity index (χ1n) is 25.6. The van der Waals surface area contributed by atoms with Crippen LogP contribution in [0.2, 0.25) is 0 Å². The Balaban J connectivity index is 1.39. The lowest BCUT2D eigenvalue weighted by Gasteiger charge is -2.25. The highest BCUT2D eigenvalue weighted by molar-refractivity contribution is 5.92. The summed E-state index contributed by atoms with van der Waals surface area (Å²) >= 11 is 0. The summed E-state index contributed by atoms with van der Waals surface area (Å²) in [5.74, 6) is -2.21. The quantitative estimate of drug-likeness (QED) is 0.0411. The zero-order valence-electron chi connectivity index (χ0n) is 44.2. The van der Waals surface area contributed by atoms with Gasteiger partial charge in [-0.3, -0.25) is 0 Å². The number of rotatable bonds is 24. The van der Waals surface area contributed by atoms with Crippen molar-refractivity contribution >= 4 is 35.8 Å². The monoisotopic (exact) mass is 1060 g/mol. The van der Waals surface area contributed by atoms with Crippen LogP contribution in [0.15, 0.2) is 164 Å². The molecule has 15 heteroatoms. The third-order valence-corrected chi connectivity index (χ3v) is 12.0. The Morgan fingerprint density at radius 2 is 0.397 bits per heavy atom. The second-order valence-corrected chi connectivity index (χ2v) is 17.2. The van der Waals surface area contributed by atoms with Crippen molar-refractivity contribution in [3.8, 4) is 17.2 Å². The van der Waals surface area contributed by atoms with Gasteiger partial charge >= 0.3 is 35.8 Å². The Labute approximate surface area is 452 Å². The number of esters is 6. The number of hydrogen-bond acceptors (Lipinski definition) is 15. The van der Waals surface area contributed by atoms with Crippen LogP contribution in [-0.2, 0) is 28.4 Å². The predicted octanol–water partition coefficient (Wildman–Crippen LogP) is 12.3. The van der Waals surface area contributed by atoms with E-state index in [1.807, 2.05) is 0 Å². The van der Waals surface area contributed by atoms with E-state index in [1.165, 1.54) is 0 Å². The summed E-state index contributed by atoms with van der Waals surface area (Å²) in [5, 5.41) is 0. The van der Waals surface area contributed by atoms with Gasteiger partial charge in [-0.1, -0.05) is 72.8 Å². The molecule has 0 aliphatic carbocycles. The maximum absolute atomic E-state index is 12.8. The summed E-state index contributed by atoms with van der Waals surface area (Å²) in [5.41, 5.74) is 5.75. The van der Waals surface area contributed by atoms with Crippen molar-refractivity contribution in [2.45, 2.75) is 59.9 Å². The highest BCUT2D eigenvalue weighted by Gasteiger charge is 2.25. The first-order valence-corrected chi connectivity index (χ1v) is 25.6. The van der Waals surface area contributed by atoms with Crippen LogP contribution in [0.25, 0.3) is 0 Å². The van der Waals surface area contributed by atoms with Crippen molar-refractivity contribution < 1.29 is 71.4 Å². The molecule has 402 valence electrons. The van der Waals surface area contributed by atoms with E-state index in [4.69, 9.17) is 42.6 Å². The van der Waals surface area contributed by atoms with Gasteiger partial charge in [0.2, 0.25) is 0 Å². The maximum atomic E-state index is 12.8. The fourth-order valence-electron chi connectivity index (χ4n) is 8.19. The molecule has 0 aliphatic heterocycles. The van der Waals surface area contributed by atoms with Crippen molar-refractivity contribution in [3.63, 3.8) is 0 Å². The Morgan fingerprint density at radius 1 is 0.256 bits per heavy atom. The summed E-state index contributed by atoms with van der Waals surface area (Å²) in [6, 6.07) is 45.7. The van der Waals surface area contributed by atoms with Gasteiger partial charge in [0.15, 0.2) is 0 Å². The van der Waals surface area contributed by atoms with Crippen LogP contribution >= 0.6 is 0 Å². The molecule has 0 atom stereocenters. The van der Waals surface area contributed by atoms with Crippen LogP contribution < -0.4 is 14.2 Å². The standard InChI is InChI=1S/C63H60O15/c1-7-70-58(64)46-25-13-40(14-26-46)55(41-15-27-47(28-16-41)59(65)71-8-2)76-52-37-53(77-56(42-17-29-48(30-18-42)60(66)72-9-3)43-19-31-49(32-20-43)61(67)73-10-4)39-54(38-52)78-57(44-21-33-50(34-22-44)62(68)74-11-5)45-23-35-51(36-24-45)63(69)75-12-6/h13-39,55-57H,7-12H2,1-6H3. The van der Waals surface area contributed by atoms with Gasteiger partial charge in [0.25, 0.3) is 0 Å². The molecule has 78 heavy (non-hydrogen) atoms. The fourth-order valence-corrected chi connectivity index (χ4v) is 8.19. The molecule has 7 aromatic carbocycles. The minimum Gasteiger partial charge on any atom is -0.481 e. The van der Waals surface area contributed by atoms with E-state index in [2.05, 4.69) is 0 Å². The van der Waals surface area contributed by atoms with E-state index >= 15 is 0 Å². The maximum Gasteiger partial charge on any atom is 0.338 e. The summed E-state index contributed by atoms with van der Waals surface area (Å²) in [6.45, 7) is 11.5. The molecule has 0 N–H and O–H groups in total. The number of carbonyl (C=O) groups is 6. The number of carbonyl (C=O) groups excluding carboxylic acids is 6. The van der Waals surface area contributed by atoms with Gasteiger partial charge in [-0.25, -0.2) is 28.8 Å². The van der Waals surface area contributed by atoms with Crippen molar-refractivity contribution in [2.24, 2.45) is 0 Å². The predicted molar refractivity (Wildman–Crippen MR) is 288 cm³/mol. The lowest BCUT2D eigenvalue weighted by atomic mass is 9.98. The summed E-state index contributed by atoms with van der Waals surface area (Å²) in [6.07, 6.45) is -2.61. The van der Waals surface area contributed by atoms with E-state index in [-0.39, 0.29) is 56.9 Å². The largest absolute Gasteiger partial charge is 0.481 e. The highest BCUT2D eigenvalue weighted by Crippen LogP contribution is 2.40. The summed E-state index contributed by atoms with van der Waals surface area (Å²) in [4.78, 5) is 76.7. The SMILES string of the molecule is CCOC(=O)c1ccc(C(Oc2cc(OC(c3ccc(C(=O)OCC)cc3)c3ccc(C(=O)OCC)cc3)cc(OC(c3ccc(C(=O)OCC)cc3)c3ccc(C(=O)OCC)cc3)c2)c2ccc(C(=O)OCC)cc2)cc1. The fraction of sp³-hybridized carbons (Fsp3) is 0.238. The first kappa shape index (κ1) is 56.5. The minimum absolute atomic E-state index is 0.194. The topological polar surface area (TPSA) is 185 Å². The molecule has 0 amide bonds. The number of benzene rings is 7. The molecule has 0 aromatic heterocycles. The summed E-state index contributed by atoms with van der Waals surface area (Å²) < 4.78 is 52.6. The minimum atomic E-state index is -0.871. The molecule has 0 spiro atoms. The van der Waals surface area contributed by atoms with E-state index < -0.39 is 54.1 Å². The van der Waals surface area contributed by atoms with Crippen LogP contribution in [0.1, 0.15) is 155 Å². The molecule has 0 heterocycles.